The summed E-state index contributed by atoms with van der Waals surface area (Å²) in [7, 11) is 0. The van der Waals surface area contributed by atoms with E-state index in [1.165, 1.54) is 0 Å². The Hall–Kier alpha value is -0.730. The van der Waals surface area contributed by atoms with Gasteiger partial charge in [0.25, 0.3) is 0 Å². The highest BCUT2D eigenvalue weighted by molar-refractivity contribution is 5.67. The Morgan fingerprint density at radius 1 is 1.46 bits per heavy atom. The van der Waals surface area contributed by atoms with E-state index < -0.39 is 0 Å². The van der Waals surface area contributed by atoms with Gasteiger partial charge in [-0.05, 0) is 25.7 Å². The van der Waals surface area contributed by atoms with Crippen LogP contribution < -0.4 is 0 Å². The van der Waals surface area contributed by atoms with E-state index in [0.29, 0.717) is 6.61 Å². The molecule has 0 unspecified atom stereocenters. The summed E-state index contributed by atoms with van der Waals surface area (Å²) >= 11 is 0. The summed E-state index contributed by atoms with van der Waals surface area (Å²) in [4.78, 5) is 13.1. The lowest BCUT2D eigenvalue weighted by molar-refractivity contribution is 0.0979. The minimum Gasteiger partial charge on any atom is -0.449 e. The molecule has 1 saturated heterocycles. The van der Waals surface area contributed by atoms with Crippen LogP contribution in [0.1, 0.15) is 32.6 Å². The molecule has 3 heteroatoms. The fourth-order valence-corrected chi connectivity index (χ4v) is 1.24. The van der Waals surface area contributed by atoms with Crippen molar-refractivity contribution in [2.45, 2.75) is 32.6 Å². The molecule has 2 radical (unpaired) electrons. The van der Waals surface area contributed by atoms with Gasteiger partial charge in [0.05, 0.1) is 6.61 Å². The fourth-order valence-electron chi connectivity index (χ4n) is 1.24. The Morgan fingerprint density at radius 3 is 2.77 bits per heavy atom. The standard InChI is InChI=1S/C10H17NO2/c1-2-3-9-13-10(12)11-7-5-4-6-8-11/h2-3,5-9H2,1H3. The van der Waals surface area contributed by atoms with Crippen LogP contribution in [0.2, 0.25) is 0 Å². The topological polar surface area (TPSA) is 29.5 Å². The molecular weight excluding hydrogens is 166 g/mol. The van der Waals surface area contributed by atoms with Crippen molar-refractivity contribution in [2.75, 3.05) is 19.7 Å². The van der Waals surface area contributed by atoms with Crippen LogP contribution in [0.3, 0.4) is 0 Å². The molecule has 0 N–H and O–H groups in total. The van der Waals surface area contributed by atoms with Gasteiger partial charge in [0.2, 0.25) is 0 Å². The molecule has 1 fully saturated rings. The molecule has 0 bridgehead atoms. The van der Waals surface area contributed by atoms with Gasteiger partial charge in [0.1, 0.15) is 0 Å². The van der Waals surface area contributed by atoms with E-state index in [1.807, 2.05) is 0 Å². The van der Waals surface area contributed by atoms with E-state index in [2.05, 4.69) is 13.3 Å². The average molecular weight is 183 g/mol. The number of piperidine rings is 1. The van der Waals surface area contributed by atoms with Crippen LogP contribution in [0, 0.1) is 6.42 Å². The Labute approximate surface area is 80.1 Å². The second kappa shape index (κ2) is 5.84. The van der Waals surface area contributed by atoms with E-state index >= 15 is 0 Å². The first-order valence-electron chi connectivity index (χ1n) is 4.97. The quantitative estimate of drug-likeness (QED) is 0.627. The zero-order valence-electron chi connectivity index (χ0n) is 8.21. The number of nitrogens with zero attached hydrogens (tertiary/aromatic N) is 1. The SMILES string of the molecule is CCCCOC(=O)N1CC[C]CC1. The van der Waals surface area contributed by atoms with Gasteiger partial charge < -0.3 is 9.64 Å². The number of rotatable bonds is 3. The Bertz CT molecular complexity index is 153. The van der Waals surface area contributed by atoms with Crippen molar-refractivity contribution in [3.05, 3.63) is 6.42 Å². The molecule has 0 aromatic heterocycles. The van der Waals surface area contributed by atoms with Gasteiger partial charge >= 0.3 is 6.09 Å². The molecular formula is C10H17NO2. The third-order valence-electron chi connectivity index (χ3n) is 2.10. The second-order valence-electron chi connectivity index (χ2n) is 3.20. The third-order valence-corrected chi connectivity index (χ3v) is 2.10. The Kier molecular flexibility index (Phi) is 4.65. The number of hydrogen-bond donors (Lipinski definition) is 0. The molecule has 0 aromatic rings. The van der Waals surface area contributed by atoms with E-state index in [0.717, 1.165) is 38.8 Å². The van der Waals surface area contributed by atoms with Crippen LogP contribution in [0.5, 0.6) is 0 Å². The fraction of sp³-hybridized carbons (Fsp3) is 0.800. The zero-order valence-corrected chi connectivity index (χ0v) is 8.21. The highest BCUT2D eigenvalue weighted by atomic mass is 16.6. The predicted octanol–water partition coefficient (Wildman–Crippen LogP) is 2.10. The number of hydrogen-bond acceptors (Lipinski definition) is 2. The number of amides is 1. The molecule has 13 heavy (non-hydrogen) atoms. The van der Waals surface area contributed by atoms with E-state index in [1.54, 1.807) is 4.90 Å². The highest BCUT2D eigenvalue weighted by Gasteiger charge is 2.17. The van der Waals surface area contributed by atoms with Crippen LogP contribution in [0.25, 0.3) is 0 Å². The van der Waals surface area contributed by atoms with Crippen molar-refractivity contribution in [2.24, 2.45) is 0 Å². The number of likely N-dealkylation sites (tertiary alicyclic amines) is 1. The normalized spacial score (nSPS) is 17.2. The largest absolute Gasteiger partial charge is 0.449 e. The molecule has 0 spiro atoms. The smallest absolute Gasteiger partial charge is 0.409 e. The number of unbranched alkanes of at least 4 members (excludes halogenated alkanes) is 1. The molecule has 0 saturated carbocycles. The van der Waals surface area contributed by atoms with Gasteiger partial charge in [-0.25, -0.2) is 4.79 Å². The minimum atomic E-state index is -0.157. The van der Waals surface area contributed by atoms with Crippen molar-refractivity contribution >= 4 is 6.09 Å². The second-order valence-corrected chi connectivity index (χ2v) is 3.20. The van der Waals surface area contributed by atoms with Crippen LogP contribution in [0.15, 0.2) is 0 Å². The van der Waals surface area contributed by atoms with Gasteiger partial charge in [-0.2, -0.15) is 0 Å². The molecule has 0 aliphatic carbocycles. The molecule has 1 rings (SSSR count). The van der Waals surface area contributed by atoms with E-state index in [-0.39, 0.29) is 6.09 Å². The Morgan fingerprint density at radius 2 is 2.15 bits per heavy atom. The molecule has 3 nitrogen and oxygen atoms in total. The maximum absolute atomic E-state index is 11.3. The maximum atomic E-state index is 11.3. The molecule has 0 aromatic carbocycles. The first-order chi connectivity index (χ1) is 6.34. The van der Waals surface area contributed by atoms with E-state index in [9.17, 15) is 4.79 Å². The molecule has 1 aliphatic heterocycles. The molecule has 1 amide bonds. The number of ether oxygens (including phenoxy) is 1. The first-order valence-corrected chi connectivity index (χ1v) is 4.97. The van der Waals surface area contributed by atoms with Gasteiger partial charge in [0, 0.05) is 13.1 Å². The summed E-state index contributed by atoms with van der Waals surface area (Å²) in [5, 5.41) is 0. The van der Waals surface area contributed by atoms with Gasteiger partial charge in [0.15, 0.2) is 0 Å². The van der Waals surface area contributed by atoms with Gasteiger partial charge in [-0.3, -0.25) is 0 Å². The molecule has 1 aliphatic rings. The van der Waals surface area contributed by atoms with E-state index in [4.69, 9.17) is 4.74 Å². The predicted molar refractivity (Wildman–Crippen MR) is 50.3 cm³/mol. The monoisotopic (exact) mass is 183 g/mol. The summed E-state index contributed by atoms with van der Waals surface area (Å²) < 4.78 is 5.08. The summed E-state index contributed by atoms with van der Waals surface area (Å²) in [6.07, 6.45) is 6.81. The number of carbonyl (C=O) groups excluding carboxylic acids is 1. The van der Waals surface area contributed by atoms with Crippen LogP contribution in [-0.2, 0) is 4.74 Å². The minimum absolute atomic E-state index is 0.157. The summed E-state index contributed by atoms with van der Waals surface area (Å²) in [6, 6.07) is 0. The average Bonchev–Trinajstić information content (AvgIpc) is 2.19. The van der Waals surface area contributed by atoms with Gasteiger partial charge in [-0.1, -0.05) is 13.3 Å². The van der Waals surface area contributed by atoms with Crippen LogP contribution >= 0.6 is 0 Å². The van der Waals surface area contributed by atoms with Crippen molar-refractivity contribution < 1.29 is 9.53 Å². The molecule has 74 valence electrons. The zero-order chi connectivity index (χ0) is 9.52. The Balaban J connectivity index is 2.13. The van der Waals surface area contributed by atoms with Crippen molar-refractivity contribution in [3.8, 4) is 0 Å². The van der Waals surface area contributed by atoms with Crippen LogP contribution in [0.4, 0.5) is 4.79 Å². The third kappa shape index (κ3) is 3.66. The van der Waals surface area contributed by atoms with Gasteiger partial charge in [-0.15, -0.1) is 0 Å². The van der Waals surface area contributed by atoms with Crippen molar-refractivity contribution in [1.82, 2.24) is 4.90 Å². The van der Waals surface area contributed by atoms with Crippen LogP contribution in [-0.4, -0.2) is 30.7 Å². The van der Waals surface area contributed by atoms with Crippen molar-refractivity contribution in [1.29, 1.82) is 0 Å². The molecule has 0 atom stereocenters. The lowest BCUT2D eigenvalue weighted by Crippen LogP contribution is -2.36. The number of carbonyl (C=O) groups is 1. The molecule has 1 heterocycles. The summed E-state index contributed by atoms with van der Waals surface area (Å²) in [5.74, 6) is 0. The lowest BCUT2D eigenvalue weighted by Gasteiger charge is -2.25. The highest BCUT2D eigenvalue weighted by Crippen LogP contribution is 2.08. The first kappa shape index (κ1) is 10.4. The lowest BCUT2D eigenvalue weighted by atomic mass is 10.1. The van der Waals surface area contributed by atoms with Crippen molar-refractivity contribution in [3.63, 3.8) is 0 Å². The maximum Gasteiger partial charge on any atom is 0.409 e. The summed E-state index contributed by atoms with van der Waals surface area (Å²) in [6.45, 7) is 4.17. The summed E-state index contributed by atoms with van der Waals surface area (Å²) in [5.41, 5.74) is 0.